The highest BCUT2D eigenvalue weighted by Crippen LogP contribution is 2.28. The zero-order valence-electron chi connectivity index (χ0n) is 16.0. The summed E-state index contributed by atoms with van der Waals surface area (Å²) in [6.07, 6.45) is 0.841. The van der Waals surface area contributed by atoms with Crippen LogP contribution in [-0.4, -0.2) is 31.5 Å². The molecule has 2 amide bonds. The second-order valence-corrected chi connectivity index (χ2v) is 6.13. The van der Waals surface area contributed by atoms with Crippen LogP contribution in [0.25, 0.3) is 0 Å². The van der Waals surface area contributed by atoms with Crippen LogP contribution in [0.1, 0.15) is 36.2 Å². The van der Waals surface area contributed by atoms with E-state index in [1.807, 2.05) is 37.3 Å². The number of amides is 2. The Bertz CT molecular complexity index is 762. The van der Waals surface area contributed by atoms with Crippen LogP contribution in [0.5, 0.6) is 11.5 Å². The molecule has 0 saturated carbocycles. The van der Waals surface area contributed by atoms with Crippen LogP contribution in [0.15, 0.2) is 48.5 Å². The Morgan fingerprint density at radius 3 is 2.48 bits per heavy atom. The Morgan fingerprint density at radius 2 is 1.81 bits per heavy atom. The summed E-state index contributed by atoms with van der Waals surface area (Å²) >= 11 is 0. The van der Waals surface area contributed by atoms with Gasteiger partial charge in [0.2, 0.25) is 5.91 Å². The molecule has 27 heavy (non-hydrogen) atoms. The fourth-order valence-electron chi connectivity index (χ4n) is 2.41. The van der Waals surface area contributed by atoms with Crippen LogP contribution >= 0.6 is 0 Å². The van der Waals surface area contributed by atoms with E-state index in [9.17, 15) is 9.59 Å². The average molecular weight is 370 g/mol. The minimum absolute atomic E-state index is 0.208. The van der Waals surface area contributed by atoms with Gasteiger partial charge in [0.15, 0.2) is 11.5 Å². The number of carbonyl (C=O) groups is 2. The van der Waals surface area contributed by atoms with Gasteiger partial charge >= 0.3 is 0 Å². The quantitative estimate of drug-likeness (QED) is 0.712. The van der Waals surface area contributed by atoms with E-state index in [0.29, 0.717) is 30.2 Å². The number of hydrogen-bond acceptors (Lipinski definition) is 4. The molecule has 0 aliphatic carbocycles. The summed E-state index contributed by atoms with van der Waals surface area (Å²) in [5.41, 5.74) is 1.43. The van der Waals surface area contributed by atoms with E-state index in [0.717, 1.165) is 12.0 Å². The van der Waals surface area contributed by atoms with Gasteiger partial charge in [0.05, 0.1) is 7.11 Å². The Kier molecular flexibility index (Phi) is 7.67. The SMILES string of the molecule is CCCNC(=O)[C@H](C)NC(=O)c1ccc(OCc2ccccc2)c(OC)c1. The number of hydrogen-bond donors (Lipinski definition) is 2. The highest BCUT2D eigenvalue weighted by molar-refractivity contribution is 5.97. The molecule has 6 nitrogen and oxygen atoms in total. The van der Waals surface area contributed by atoms with E-state index in [1.165, 1.54) is 7.11 Å². The molecule has 144 valence electrons. The minimum atomic E-state index is -0.621. The van der Waals surface area contributed by atoms with Crippen LogP contribution in [-0.2, 0) is 11.4 Å². The van der Waals surface area contributed by atoms with Crippen molar-refractivity contribution in [2.45, 2.75) is 32.9 Å². The summed E-state index contributed by atoms with van der Waals surface area (Å²) in [6, 6.07) is 14.1. The van der Waals surface area contributed by atoms with E-state index >= 15 is 0 Å². The minimum Gasteiger partial charge on any atom is -0.493 e. The van der Waals surface area contributed by atoms with Crippen molar-refractivity contribution in [1.82, 2.24) is 10.6 Å². The van der Waals surface area contributed by atoms with Gasteiger partial charge in [-0.15, -0.1) is 0 Å². The zero-order chi connectivity index (χ0) is 19.6. The van der Waals surface area contributed by atoms with Gasteiger partial charge in [-0.25, -0.2) is 0 Å². The summed E-state index contributed by atoms with van der Waals surface area (Å²) in [5.74, 6) is 0.454. The monoisotopic (exact) mass is 370 g/mol. The first-order valence-corrected chi connectivity index (χ1v) is 8.98. The average Bonchev–Trinajstić information content (AvgIpc) is 2.70. The van der Waals surface area contributed by atoms with Gasteiger partial charge in [-0.3, -0.25) is 9.59 Å². The van der Waals surface area contributed by atoms with Gasteiger partial charge in [0.25, 0.3) is 5.91 Å². The lowest BCUT2D eigenvalue weighted by molar-refractivity contribution is -0.122. The first-order chi connectivity index (χ1) is 13.0. The molecule has 6 heteroatoms. The molecule has 1 atom stereocenters. The molecule has 0 aliphatic rings. The van der Waals surface area contributed by atoms with E-state index in [1.54, 1.807) is 25.1 Å². The van der Waals surface area contributed by atoms with Crippen LogP contribution in [0.4, 0.5) is 0 Å². The molecule has 2 rings (SSSR count). The molecule has 0 aromatic heterocycles. The van der Waals surface area contributed by atoms with Crippen LogP contribution in [0.2, 0.25) is 0 Å². The van der Waals surface area contributed by atoms with Crippen LogP contribution in [0.3, 0.4) is 0 Å². The summed E-state index contributed by atoms with van der Waals surface area (Å²) in [7, 11) is 1.52. The first-order valence-electron chi connectivity index (χ1n) is 8.98. The van der Waals surface area contributed by atoms with Crippen molar-refractivity contribution >= 4 is 11.8 Å². The number of ether oxygens (including phenoxy) is 2. The fourth-order valence-corrected chi connectivity index (χ4v) is 2.41. The molecule has 0 spiro atoms. The standard InChI is InChI=1S/C21H26N2O4/c1-4-12-22-20(24)15(2)23-21(25)17-10-11-18(19(13-17)26-3)27-14-16-8-6-5-7-9-16/h5-11,13,15H,4,12,14H2,1-3H3,(H,22,24)(H,23,25)/t15-/m0/s1. The highest BCUT2D eigenvalue weighted by Gasteiger charge is 2.17. The molecule has 0 unspecified atom stereocenters. The number of carbonyl (C=O) groups excluding carboxylic acids is 2. The maximum Gasteiger partial charge on any atom is 0.252 e. The number of rotatable bonds is 9. The predicted molar refractivity (Wildman–Crippen MR) is 104 cm³/mol. The summed E-state index contributed by atoms with van der Waals surface area (Å²) in [5, 5.41) is 5.44. The van der Waals surface area contributed by atoms with Crippen molar-refractivity contribution in [3.63, 3.8) is 0 Å². The number of methoxy groups -OCH3 is 1. The second-order valence-electron chi connectivity index (χ2n) is 6.13. The van der Waals surface area contributed by atoms with Gasteiger partial charge in [-0.2, -0.15) is 0 Å². The van der Waals surface area contributed by atoms with Crippen molar-refractivity contribution in [2.75, 3.05) is 13.7 Å². The Morgan fingerprint density at radius 1 is 1.07 bits per heavy atom. The number of nitrogens with one attached hydrogen (secondary N) is 2. The normalized spacial score (nSPS) is 11.4. The van der Waals surface area contributed by atoms with E-state index in [4.69, 9.17) is 9.47 Å². The third-order valence-electron chi connectivity index (χ3n) is 3.95. The van der Waals surface area contributed by atoms with E-state index in [2.05, 4.69) is 10.6 Å². The fraction of sp³-hybridized carbons (Fsp3) is 0.333. The molecule has 2 aromatic rings. The Balaban J connectivity index is 2.01. The maximum absolute atomic E-state index is 12.4. The van der Waals surface area contributed by atoms with Crippen molar-refractivity contribution in [3.8, 4) is 11.5 Å². The Hall–Kier alpha value is -3.02. The maximum atomic E-state index is 12.4. The van der Waals surface area contributed by atoms with Crippen molar-refractivity contribution < 1.29 is 19.1 Å². The molecule has 0 heterocycles. The molecule has 2 aromatic carbocycles. The largest absolute Gasteiger partial charge is 0.493 e. The van der Waals surface area contributed by atoms with E-state index < -0.39 is 6.04 Å². The highest BCUT2D eigenvalue weighted by atomic mass is 16.5. The molecule has 0 saturated heterocycles. The van der Waals surface area contributed by atoms with Crippen molar-refractivity contribution in [3.05, 3.63) is 59.7 Å². The smallest absolute Gasteiger partial charge is 0.252 e. The van der Waals surface area contributed by atoms with Crippen LogP contribution in [0, 0.1) is 0 Å². The zero-order valence-corrected chi connectivity index (χ0v) is 16.0. The lowest BCUT2D eigenvalue weighted by Gasteiger charge is -2.15. The predicted octanol–water partition coefficient (Wildman–Crippen LogP) is 2.92. The molecule has 0 bridgehead atoms. The Labute approximate surface area is 159 Å². The molecular weight excluding hydrogens is 344 g/mol. The van der Waals surface area contributed by atoms with Gasteiger partial charge in [-0.05, 0) is 37.1 Å². The molecule has 0 aliphatic heterocycles. The van der Waals surface area contributed by atoms with Gasteiger partial charge in [-0.1, -0.05) is 37.3 Å². The van der Waals surface area contributed by atoms with Gasteiger partial charge in [0, 0.05) is 12.1 Å². The second kappa shape index (κ2) is 10.2. The molecule has 2 N–H and O–H groups in total. The van der Waals surface area contributed by atoms with Crippen molar-refractivity contribution in [2.24, 2.45) is 0 Å². The topological polar surface area (TPSA) is 76.7 Å². The van der Waals surface area contributed by atoms with Crippen molar-refractivity contribution in [1.29, 1.82) is 0 Å². The molecule has 0 fully saturated rings. The first kappa shape index (κ1) is 20.3. The van der Waals surface area contributed by atoms with Gasteiger partial charge in [0.1, 0.15) is 12.6 Å². The lowest BCUT2D eigenvalue weighted by atomic mass is 10.1. The lowest BCUT2D eigenvalue weighted by Crippen LogP contribution is -2.45. The molecule has 0 radical (unpaired) electrons. The summed E-state index contributed by atoms with van der Waals surface area (Å²) in [6.45, 7) is 4.60. The van der Waals surface area contributed by atoms with Crippen LogP contribution < -0.4 is 20.1 Å². The molecular formula is C21H26N2O4. The van der Waals surface area contributed by atoms with Gasteiger partial charge < -0.3 is 20.1 Å². The summed E-state index contributed by atoms with van der Waals surface area (Å²) in [4.78, 5) is 24.3. The number of benzene rings is 2. The van der Waals surface area contributed by atoms with E-state index in [-0.39, 0.29) is 11.8 Å². The third-order valence-corrected chi connectivity index (χ3v) is 3.95. The third kappa shape index (κ3) is 6.02. The summed E-state index contributed by atoms with van der Waals surface area (Å²) < 4.78 is 11.1.